The first kappa shape index (κ1) is 18.1. The van der Waals surface area contributed by atoms with Gasteiger partial charge < -0.3 is 10.2 Å². The summed E-state index contributed by atoms with van der Waals surface area (Å²) in [7, 11) is 0. The molecule has 3 aromatic rings. The molecule has 6 heteroatoms. The second-order valence-electron chi connectivity index (χ2n) is 6.60. The normalized spacial score (nSPS) is 16.2. The molecule has 0 bridgehead atoms. The maximum Gasteiger partial charge on any atom is 0.418 e. The molecule has 0 aromatic heterocycles. The van der Waals surface area contributed by atoms with Crippen LogP contribution in [0.2, 0.25) is 0 Å². The summed E-state index contributed by atoms with van der Waals surface area (Å²) >= 11 is 0. The van der Waals surface area contributed by atoms with Crippen molar-refractivity contribution in [2.45, 2.75) is 18.9 Å². The highest BCUT2D eigenvalue weighted by molar-refractivity contribution is 5.99. The highest BCUT2D eigenvalue weighted by atomic mass is 19.4. The fraction of sp³-hybridized carbons (Fsp3) is 0.136. The maximum absolute atomic E-state index is 13.4. The van der Waals surface area contributed by atoms with Crippen molar-refractivity contribution < 1.29 is 18.0 Å². The van der Waals surface area contributed by atoms with Crippen LogP contribution in [0.15, 0.2) is 78.9 Å². The molecule has 142 valence electrons. The Balaban J connectivity index is 1.73. The zero-order chi connectivity index (χ0) is 19.7. The molecule has 0 fully saturated rings. The topological polar surface area (TPSA) is 32.3 Å². The van der Waals surface area contributed by atoms with Gasteiger partial charge in [-0.15, -0.1) is 0 Å². The SMILES string of the molecule is O=C1c2ccccc2[C@H](Nc2ccccc2C(F)(F)F)N1Cc1ccccc1. The Labute approximate surface area is 160 Å². The van der Waals surface area contributed by atoms with Crippen molar-refractivity contribution in [1.29, 1.82) is 0 Å². The Bertz CT molecular complexity index is 1000. The third-order valence-electron chi connectivity index (χ3n) is 4.78. The van der Waals surface area contributed by atoms with Crippen molar-refractivity contribution in [3.05, 3.63) is 101 Å². The highest BCUT2D eigenvalue weighted by Crippen LogP contribution is 2.39. The molecule has 0 aliphatic carbocycles. The van der Waals surface area contributed by atoms with E-state index in [0.717, 1.165) is 11.6 Å². The largest absolute Gasteiger partial charge is 0.418 e. The van der Waals surface area contributed by atoms with Crippen LogP contribution in [0.1, 0.15) is 33.2 Å². The summed E-state index contributed by atoms with van der Waals surface area (Å²) in [5.74, 6) is -0.207. The van der Waals surface area contributed by atoms with E-state index < -0.39 is 17.9 Å². The van der Waals surface area contributed by atoms with Gasteiger partial charge in [-0.05, 0) is 23.8 Å². The number of carbonyl (C=O) groups excluding carboxylic acids is 1. The van der Waals surface area contributed by atoms with Gasteiger partial charge in [0.15, 0.2) is 0 Å². The third kappa shape index (κ3) is 3.33. The second kappa shape index (κ2) is 7.03. The number of para-hydroxylation sites is 1. The minimum absolute atomic E-state index is 0.0532. The van der Waals surface area contributed by atoms with E-state index in [1.165, 1.54) is 12.1 Å². The quantitative estimate of drug-likeness (QED) is 0.649. The summed E-state index contributed by atoms with van der Waals surface area (Å²) in [6.07, 6.45) is -5.18. The number of halogens is 3. The molecule has 1 N–H and O–H groups in total. The minimum Gasteiger partial charge on any atom is -0.361 e. The number of benzene rings is 3. The smallest absolute Gasteiger partial charge is 0.361 e. The summed E-state index contributed by atoms with van der Waals surface area (Å²) in [5.41, 5.74) is 1.26. The van der Waals surface area contributed by atoms with Crippen molar-refractivity contribution in [3.8, 4) is 0 Å². The highest BCUT2D eigenvalue weighted by Gasteiger charge is 2.39. The van der Waals surface area contributed by atoms with Gasteiger partial charge in [0.25, 0.3) is 5.91 Å². The second-order valence-corrected chi connectivity index (χ2v) is 6.60. The van der Waals surface area contributed by atoms with E-state index in [1.807, 2.05) is 30.3 Å². The molecule has 1 heterocycles. The van der Waals surface area contributed by atoms with Gasteiger partial charge in [-0.25, -0.2) is 0 Å². The van der Waals surface area contributed by atoms with E-state index >= 15 is 0 Å². The average molecular weight is 382 g/mol. The van der Waals surface area contributed by atoms with Gasteiger partial charge in [-0.3, -0.25) is 4.79 Å². The van der Waals surface area contributed by atoms with E-state index in [0.29, 0.717) is 17.7 Å². The lowest BCUT2D eigenvalue weighted by molar-refractivity contribution is -0.137. The van der Waals surface area contributed by atoms with Crippen LogP contribution < -0.4 is 5.32 Å². The fourth-order valence-corrected chi connectivity index (χ4v) is 3.47. The van der Waals surface area contributed by atoms with Crippen molar-refractivity contribution in [1.82, 2.24) is 4.90 Å². The summed E-state index contributed by atoms with van der Waals surface area (Å²) in [5, 5.41) is 2.96. The minimum atomic E-state index is -4.49. The molecule has 0 radical (unpaired) electrons. The fourth-order valence-electron chi connectivity index (χ4n) is 3.47. The molecule has 0 unspecified atom stereocenters. The lowest BCUT2D eigenvalue weighted by Crippen LogP contribution is -2.32. The molecular formula is C22H17F3N2O. The molecule has 1 amide bonds. The molecule has 1 aliphatic rings. The Hall–Kier alpha value is -3.28. The van der Waals surface area contributed by atoms with E-state index in [9.17, 15) is 18.0 Å². The number of hydrogen-bond donors (Lipinski definition) is 1. The first-order valence-electron chi connectivity index (χ1n) is 8.82. The number of hydrogen-bond acceptors (Lipinski definition) is 2. The average Bonchev–Trinajstić information content (AvgIpc) is 2.95. The zero-order valence-corrected chi connectivity index (χ0v) is 14.8. The van der Waals surface area contributed by atoms with E-state index in [1.54, 1.807) is 35.2 Å². The lowest BCUT2D eigenvalue weighted by atomic mass is 10.1. The van der Waals surface area contributed by atoms with Crippen molar-refractivity contribution in [2.24, 2.45) is 0 Å². The number of rotatable bonds is 4. The monoisotopic (exact) mass is 382 g/mol. The maximum atomic E-state index is 13.4. The number of nitrogens with zero attached hydrogens (tertiary/aromatic N) is 1. The van der Waals surface area contributed by atoms with E-state index in [2.05, 4.69) is 5.32 Å². The van der Waals surface area contributed by atoms with Crippen molar-refractivity contribution >= 4 is 11.6 Å². The zero-order valence-electron chi connectivity index (χ0n) is 14.8. The molecule has 0 saturated heterocycles. The predicted octanol–water partition coefficient (Wildman–Crippen LogP) is 5.47. The molecule has 3 nitrogen and oxygen atoms in total. The standard InChI is InChI=1S/C22H17F3N2O/c23-22(24,25)18-12-6-7-13-19(18)26-20-16-10-4-5-11-17(16)21(28)27(20)14-15-8-2-1-3-9-15/h1-13,20,26H,14H2/t20-/m1/s1. The van der Waals surface area contributed by atoms with Crippen LogP contribution in [-0.2, 0) is 12.7 Å². The van der Waals surface area contributed by atoms with Crippen LogP contribution >= 0.6 is 0 Å². The van der Waals surface area contributed by atoms with Crippen molar-refractivity contribution in [2.75, 3.05) is 5.32 Å². The van der Waals surface area contributed by atoms with Crippen molar-refractivity contribution in [3.63, 3.8) is 0 Å². The molecule has 1 aliphatic heterocycles. The van der Waals surface area contributed by atoms with Gasteiger partial charge in [0.2, 0.25) is 0 Å². The number of fused-ring (bicyclic) bond motifs is 1. The van der Waals surface area contributed by atoms with Gasteiger partial charge in [-0.2, -0.15) is 13.2 Å². The third-order valence-corrected chi connectivity index (χ3v) is 4.78. The van der Waals surface area contributed by atoms with Crippen LogP contribution in [0.5, 0.6) is 0 Å². The number of carbonyl (C=O) groups is 1. The van der Waals surface area contributed by atoms with Crippen LogP contribution in [0.4, 0.5) is 18.9 Å². The molecule has 1 atom stereocenters. The Morgan fingerprint density at radius 1 is 0.857 bits per heavy atom. The van der Waals surface area contributed by atoms with Gasteiger partial charge in [-0.1, -0.05) is 60.7 Å². The first-order valence-corrected chi connectivity index (χ1v) is 8.82. The van der Waals surface area contributed by atoms with Crippen LogP contribution in [0.3, 0.4) is 0 Å². The molecule has 4 rings (SSSR count). The Morgan fingerprint density at radius 3 is 2.25 bits per heavy atom. The Morgan fingerprint density at radius 2 is 1.50 bits per heavy atom. The number of alkyl halides is 3. The van der Waals surface area contributed by atoms with Gasteiger partial charge in [0.05, 0.1) is 5.56 Å². The lowest BCUT2D eigenvalue weighted by Gasteiger charge is -2.28. The van der Waals surface area contributed by atoms with Crippen LogP contribution in [0, 0.1) is 0 Å². The number of amides is 1. The van der Waals surface area contributed by atoms with E-state index in [-0.39, 0.29) is 11.6 Å². The van der Waals surface area contributed by atoms with Gasteiger partial charge in [0, 0.05) is 23.4 Å². The summed E-state index contributed by atoms with van der Waals surface area (Å²) < 4.78 is 40.3. The van der Waals surface area contributed by atoms with Gasteiger partial charge >= 0.3 is 6.18 Å². The molecule has 0 spiro atoms. The Kier molecular flexibility index (Phi) is 4.55. The summed E-state index contributed by atoms with van der Waals surface area (Å²) in [6.45, 7) is 0.292. The number of nitrogens with one attached hydrogen (secondary N) is 1. The summed E-state index contributed by atoms with van der Waals surface area (Å²) in [4.78, 5) is 14.5. The summed E-state index contributed by atoms with van der Waals surface area (Å²) in [6, 6.07) is 21.7. The van der Waals surface area contributed by atoms with E-state index in [4.69, 9.17) is 0 Å². The number of anilines is 1. The van der Waals surface area contributed by atoms with Gasteiger partial charge in [0.1, 0.15) is 6.17 Å². The molecule has 3 aromatic carbocycles. The van der Waals surface area contributed by atoms with Crippen LogP contribution in [0.25, 0.3) is 0 Å². The predicted molar refractivity (Wildman–Crippen MR) is 101 cm³/mol. The molecule has 0 saturated carbocycles. The van der Waals surface area contributed by atoms with Crippen LogP contribution in [-0.4, -0.2) is 10.8 Å². The first-order chi connectivity index (χ1) is 13.4. The molecular weight excluding hydrogens is 365 g/mol. The molecule has 28 heavy (non-hydrogen) atoms.